The van der Waals surface area contributed by atoms with E-state index in [1.54, 1.807) is 35.5 Å². The number of methoxy groups -OCH3 is 6. The van der Waals surface area contributed by atoms with Gasteiger partial charge in [-0.25, -0.2) is 0 Å². The zero-order valence-electron chi connectivity index (χ0n) is 70.5. The summed E-state index contributed by atoms with van der Waals surface area (Å²) in [5.74, 6) is 3.19. The molecule has 0 bridgehead atoms. The summed E-state index contributed by atoms with van der Waals surface area (Å²) in [5.41, 5.74) is 16.7. The molecule has 10 rings (SSSR count). The Kier molecular flexibility index (Phi) is 43.8. The van der Waals surface area contributed by atoms with Crippen molar-refractivity contribution in [2.75, 3.05) is 49.2 Å². The number of carboxylic acid groups (broad SMARTS) is 1. The molecule has 0 saturated carbocycles. The van der Waals surface area contributed by atoms with Gasteiger partial charge in [-0.15, -0.1) is 0 Å². The van der Waals surface area contributed by atoms with Gasteiger partial charge in [-0.2, -0.15) is 0 Å². The Hall–Kier alpha value is -8.28. The first-order chi connectivity index (χ1) is 55.1. The van der Waals surface area contributed by atoms with E-state index < -0.39 is 5.97 Å². The van der Waals surface area contributed by atoms with E-state index in [9.17, 15) is 24.3 Å². The second-order valence-electron chi connectivity index (χ2n) is 29.4. The minimum absolute atomic E-state index is 0.0291. The Morgan fingerprint density at radius 1 is 0.357 bits per heavy atom. The van der Waals surface area contributed by atoms with Crippen molar-refractivity contribution in [3.05, 3.63) is 326 Å². The van der Waals surface area contributed by atoms with Crippen molar-refractivity contribution in [1.29, 1.82) is 0 Å². The first-order valence-corrected chi connectivity index (χ1v) is 51.9. The summed E-state index contributed by atoms with van der Waals surface area (Å²) in [6.45, 7) is 28.8. The van der Waals surface area contributed by atoms with E-state index in [0.717, 1.165) is 103 Å². The van der Waals surface area contributed by atoms with E-state index in [0.29, 0.717) is 44.1 Å². The molecule has 0 saturated heterocycles. The predicted molar refractivity (Wildman–Crippen MR) is 486 cm³/mol. The summed E-state index contributed by atoms with van der Waals surface area (Å²) in [4.78, 5) is 52.1. The third-order valence-electron chi connectivity index (χ3n) is 19.9. The van der Waals surface area contributed by atoms with Crippen LogP contribution in [0.15, 0.2) is 243 Å². The van der Waals surface area contributed by atoms with Crippen LogP contribution in [0.1, 0.15) is 201 Å². The molecule has 0 spiro atoms. The Morgan fingerprint density at radius 3 is 0.835 bits per heavy atom. The maximum atomic E-state index is 13.2. The molecular weight excluding hydrogens is 1800 g/mol. The van der Waals surface area contributed by atoms with Crippen molar-refractivity contribution in [1.82, 2.24) is 9.80 Å². The van der Waals surface area contributed by atoms with E-state index in [4.69, 9.17) is 40.0 Å². The Morgan fingerprint density at radius 2 is 0.600 bits per heavy atom. The van der Waals surface area contributed by atoms with Gasteiger partial charge in [-0.3, -0.25) is 24.1 Å². The van der Waals surface area contributed by atoms with Crippen molar-refractivity contribution in [2.45, 2.75) is 176 Å². The number of esters is 1. The van der Waals surface area contributed by atoms with Gasteiger partial charge >= 0.3 is 62.4 Å². The number of nitrogens with zero attached hydrogens (tertiary/aromatic N) is 2. The molecule has 1 amide bonds. The number of hydrogen-bond donors (Lipinski definition) is 1. The van der Waals surface area contributed by atoms with E-state index in [1.807, 2.05) is 189 Å². The van der Waals surface area contributed by atoms with Crippen molar-refractivity contribution in [3.8, 4) is 28.7 Å². The van der Waals surface area contributed by atoms with Gasteiger partial charge in [0.2, 0.25) is 11.1 Å². The minimum atomic E-state index is -0.817. The molecule has 616 valence electrons. The topological polar surface area (TPSA) is 150 Å². The average molecular weight is 1920 g/mol. The van der Waals surface area contributed by atoms with Crippen molar-refractivity contribution >= 4 is 71.9 Å². The van der Waals surface area contributed by atoms with Crippen molar-refractivity contribution in [3.63, 3.8) is 0 Å². The summed E-state index contributed by atoms with van der Waals surface area (Å²) >= 11 is 10.9. The molecule has 0 fully saturated rings. The van der Waals surface area contributed by atoms with E-state index in [1.165, 1.54) is 29.4 Å². The third kappa shape index (κ3) is 31.6. The van der Waals surface area contributed by atoms with Crippen LogP contribution in [-0.2, 0) is 23.9 Å². The SMILES string of the molecule is COC(=O)CC(c1ccccc1)c1cc(C)ccc1OC.COc1ccc(C)cc1C(CC(=O)Cl)c1ccccc1.COc1ccc(C)cc1C(CC(=O)N(C(C)C)C(C)C)c1ccccc1.COc1ccc(C)cc1C(CC(=O)O)c1ccccc1.COc1ccc(C)cc1C(CCN(C(C)C)C(C)C)c1ccccc1.I[I-]I. The molecule has 0 heterocycles. The monoisotopic (exact) mass is 1920 g/mol. The number of carboxylic acids is 1. The molecule has 0 aliphatic carbocycles. The number of carbonyl (C=O) groups is 4. The number of ether oxygens (including phenoxy) is 6. The zero-order chi connectivity index (χ0) is 84.7. The summed E-state index contributed by atoms with van der Waals surface area (Å²) in [6, 6.07) is 82.6. The van der Waals surface area contributed by atoms with Gasteiger partial charge < -0.3 is 38.4 Å². The van der Waals surface area contributed by atoms with Crippen LogP contribution in [0.2, 0.25) is 0 Å². The van der Waals surface area contributed by atoms with Crippen LogP contribution >= 0.6 is 48.8 Å². The number of amides is 1. The van der Waals surface area contributed by atoms with Crippen LogP contribution in [-0.4, -0.2) is 111 Å². The quantitative estimate of drug-likeness (QED) is 0.0259. The Labute approximate surface area is 721 Å². The van der Waals surface area contributed by atoms with Crippen LogP contribution in [0.25, 0.3) is 0 Å². The molecule has 10 aromatic rings. The van der Waals surface area contributed by atoms with Gasteiger partial charge in [-0.05, 0) is 173 Å². The van der Waals surface area contributed by atoms with Crippen molar-refractivity contribution in [2.24, 2.45) is 0 Å². The standard InChI is InChI=1S/C23H31NO2.C23H33NO.C18H20O3.C17H17ClO2.C17H18O3.I3/c1-16(2)24(17(3)4)23(25)15-20(19-10-8-7-9-11-19)21-14-18(5)12-13-22(21)26-6;1-17(2)24(18(3)4)15-14-21(20-10-8-7-9-11-20)22-16-19(5)12-13-23(22)25-6;1-13-9-10-17(20-2)16(11-13)15(12-18(19)21-3)14-7-5-4-6-8-14;2*1-12-8-9-16(20-2)15(10-12)14(11-17(18)19)13-6-4-3-5-7-13;1-3-2/h7-14,16-17,20H,15H2,1-6H3;7-13,16-18,21H,14-15H2,1-6H3;4-11,15H,12H2,1-3H3;3-10,14H,11H2,1-2H3;3-10,14H,11H2,1-2H3,(H,18,19);/q;;;;;-1. The molecule has 0 aliphatic rings. The predicted octanol–water partition coefficient (Wildman–Crippen LogP) is 21.2. The average Bonchev–Trinajstić information content (AvgIpc) is 0.841. The molecular formula is C98H119ClI3N2O11-. The number of carbonyl (C=O) groups excluding carboxylic acids is 3. The first kappa shape index (κ1) is 97.3. The molecule has 5 atom stereocenters. The second kappa shape index (κ2) is 51.7. The summed E-state index contributed by atoms with van der Waals surface area (Å²) in [6.07, 6.45) is 2.11. The van der Waals surface area contributed by atoms with Crippen LogP contribution in [0.4, 0.5) is 0 Å². The third-order valence-corrected chi connectivity index (χ3v) is 20.1. The molecule has 0 radical (unpaired) electrons. The number of aryl methyl sites for hydroxylation is 5. The number of benzene rings is 10. The van der Waals surface area contributed by atoms with Crippen LogP contribution < -0.4 is 36.9 Å². The number of rotatable bonds is 30. The number of aliphatic carboxylic acids is 1. The van der Waals surface area contributed by atoms with Gasteiger partial charge in [0.15, 0.2) is 0 Å². The fourth-order valence-electron chi connectivity index (χ4n) is 14.6. The van der Waals surface area contributed by atoms with Crippen LogP contribution in [0, 0.1) is 34.6 Å². The second-order valence-corrected chi connectivity index (χ2v) is 46.1. The number of halogens is 4. The molecule has 17 heteroatoms. The summed E-state index contributed by atoms with van der Waals surface area (Å²) in [7, 11) is 9.76. The Balaban J connectivity index is 0.000000255. The van der Waals surface area contributed by atoms with E-state index in [2.05, 4.69) is 190 Å². The van der Waals surface area contributed by atoms with Gasteiger partial charge in [0.05, 0.1) is 55.5 Å². The van der Waals surface area contributed by atoms with Crippen LogP contribution in [0.3, 0.4) is 0 Å². The van der Waals surface area contributed by atoms with Crippen molar-refractivity contribution < 1.29 is 66.0 Å². The van der Waals surface area contributed by atoms with Gasteiger partial charge in [-0.1, -0.05) is 240 Å². The normalized spacial score (nSPS) is 12.1. The molecule has 1 N–H and O–H groups in total. The summed E-state index contributed by atoms with van der Waals surface area (Å²) < 4.78 is 32.4. The Bertz CT molecular complexity index is 4410. The maximum absolute atomic E-state index is 13.2. The molecule has 0 aromatic heterocycles. The fraction of sp³-hybridized carbons (Fsp3) is 0.347. The molecule has 0 aliphatic heterocycles. The van der Waals surface area contributed by atoms with E-state index in [-0.39, 0.29) is 65.7 Å². The first-order valence-electron chi connectivity index (χ1n) is 39.0. The van der Waals surface area contributed by atoms with E-state index >= 15 is 0 Å². The number of hydrogen-bond acceptors (Lipinski definition) is 11. The summed E-state index contributed by atoms with van der Waals surface area (Å²) in [5, 5.41) is 8.85. The molecule has 10 aromatic carbocycles. The van der Waals surface area contributed by atoms with Gasteiger partial charge in [0, 0.05) is 94.4 Å². The molecule has 13 nitrogen and oxygen atoms in total. The molecule has 5 unspecified atom stereocenters. The van der Waals surface area contributed by atoms with Crippen LogP contribution in [0.5, 0.6) is 28.7 Å². The van der Waals surface area contributed by atoms with Gasteiger partial charge in [0.1, 0.15) is 28.7 Å². The van der Waals surface area contributed by atoms with Gasteiger partial charge in [0.25, 0.3) is 0 Å². The fourth-order valence-corrected chi connectivity index (χ4v) is 14.8. The molecule has 115 heavy (non-hydrogen) atoms. The zero-order valence-corrected chi connectivity index (χ0v) is 77.7.